The normalized spacial score (nSPS) is 9.90. The number of pyridine rings is 1. The Labute approximate surface area is 119 Å². The highest BCUT2D eigenvalue weighted by molar-refractivity contribution is 5.90. The molecule has 0 fully saturated rings. The summed E-state index contributed by atoms with van der Waals surface area (Å²) in [7, 11) is 0. The molecule has 0 radical (unpaired) electrons. The van der Waals surface area contributed by atoms with E-state index in [1.807, 2.05) is 0 Å². The van der Waals surface area contributed by atoms with Crippen LogP contribution in [-0.2, 0) is 9.53 Å². The molecule has 3 N–H and O–H groups in total. The number of carboxylic acid groups (broad SMARTS) is 2. The first-order valence-electron chi connectivity index (χ1n) is 5.91. The lowest BCUT2D eigenvalue weighted by molar-refractivity contribution is -0.109. The van der Waals surface area contributed by atoms with Crippen LogP contribution in [0.5, 0.6) is 5.75 Å². The third kappa shape index (κ3) is 5.87. The van der Waals surface area contributed by atoms with Crippen molar-refractivity contribution in [3.8, 4) is 5.75 Å². The fourth-order valence-corrected chi connectivity index (χ4v) is 1.32. The highest BCUT2D eigenvalue weighted by atomic mass is 16.5. The number of aromatic carboxylic acids is 2. The molecule has 0 atom stereocenters. The molecule has 0 saturated carbocycles. The molecule has 0 spiro atoms. The summed E-state index contributed by atoms with van der Waals surface area (Å²) in [5, 5.41) is 20.1. The van der Waals surface area contributed by atoms with Crippen LogP contribution in [0.1, 0.15) is 21.0 Å². The zero-order valence-corrected chi connectivity index (χ0v) is 10.9. The van der Waals surface area contributed by atoms with Crippen LogP contribution in [0, 0.1) is 0 Å². The van der Waals surface area contributed by atoms with Gasteiger partial charge in [-0.2, -0.15) is 0 Å². The van der Waals surface area contributed by atoms with E-state index in [2.05, 4.69) is 10.3 Å². The Morgan fingerprint density at radius 2 is 1.76 bits per heavy atom. The topological polar surface area (TPSA) is 135 Å². The van der Waals surface area contributed by atoms with Crippen LogP contribution in [0.3, 0.4) is 0 Å². The Hall–Kier alpha value is -2.68. The molecule has 0 bridgehead atoms. The Morgan fingerprint density at radius 3 is 2.29 bits per heavy atom. The van der Waals surface area contributed by atoms with Gasteiger partial charge in [0, 0.05) is 18.7 Å². The standard InChI is InChI=1S/C12H14N2O7/c15-7-13-1-2-20-3-4-21-8-5-9(11(16)17)14-10(6-8)12(18)19/h5-7H,1-4H2,(H,13,15)(H,16,17)(H,18,19). The van der Waals surface area contributed by atoms with Crippen LogP contribution in [0.25, 0.3) is 0 Å². The Bertz CT molecular complexity index is 486. The van der Waals surface area contributed by atoms with Crippen molar-refractivity contribution in [1.29, 1.82) is 0 Å². The first kappa shape index (κ1) is 16.4. The number of carboxylic acids is 2. The van der Waals surface area contributed by atoms with E-state index in [9.17, 15) is 14.4 Å². The van der Waals surface area contributed by atoms with Crippen molar-refractivity contribution >= 4 is 18.3 Å². The summed E-state index contributed by atoms with van der Waals surface area (Å²) in [5.74, 6) is -2.62. The molecule has 0 aliphatic heterocycles. The van der Waals surface area contributed by atoms with Crippen molar-refractivity contribution < 1.29 is 34.1 Å². The first-order valence-corrected chi connectivity index (χ1v) is 5.91. The second kappa shape index (κ2) is 8.48. The largest absolute Gasteiger partial charge is 0.491 e. The van der Waals surface area contributed by atoms with Crippen molar-refractivity contribution in [1.82, 2.24) is 10.3 Å². The molecule has 1 heterocycles. The van der Waals surface area contributed by atoms with Crippen LogP contribution >= 0.6 is 0 Å². The number of hydrogen-bond donors (Lipinski definition) is 3. The maximum absolute atomic E-state index is 10.8. The molecule has 0 saturated heterocycles. The van der Waals surface area contributed by atoms with E-state index in [0.29, 0.717) is 19.6 Å². The number of carbonyl (C=O) groups is 3. The highest BCUT2D eigenvalue weighted by Gasteiger charge is 2.13. The van der Waals surface area contributed by atoms with E-state index < -0.39 is 23.3 Å². The number of nitrogens with one attached hydrogen (secondary N) is 1. The van der Waals surface area contributed by atoms with Crippen molar-refractivity contribution in [2.24, 2.45) is 0 Å². The van der Waals surface area contributed by atoms with Gasteiger partial charge in [-0.3, -0.25) is 4.79 Å². The minimum Gasteiger partial charge on any atom is -0.491 e. The number of aromatic nitrogens is 1. The lowest BCUT2D eigenvalue weighted by Gasteiger charge is -2.08. The van der Waals surface area contributed by atoms with Crippen LogP contribution in [0.2, 0.25) is 0 Å². The second-order valence-corrected chi connectivity index (χ2v) is 3.72. The number of amides is 1. The molecule has 9 nitrogen and oxygen atoms in total. The minimum absolute atomic E-state index is 0.0782. The van der Waals surface area contributed by atoms with E-state index in [4.69, 9.17) is 19.7 Å². The summed E-state index contributed by atoms with van der Waals surface area (Å²) in [5.41, 5.74) is -0.831. The zero-order chi connectivity index (χ0) is 15.7. The van der Waals surface area contributed by atoms with Gasteiger partial charge in [-0.1, -0.05) is 0 Å². The summed E-state index contributed by atoms with van der Waals surface area (Å²) in [4.78, 5) is 35.1. The molecule has 1 amide bonds. The Morgan fingerprint density at radius 1 is 1.14 bits per heavy atom. The molecule has 21 heavy (non-hydrogen) atoms. The summed E-state index contributed by atoms with van der Waals surface area (Å²) >= 11 is 0. The van der Waals surface area contributed by atoms with Gasteiger partial charge in [0.2, 0.25) is 6.41 Å². The van der Waals surface area contributed by atoms with Crippen molar-refractivity contribution in [3.63, 3.8) is 0 Å². The molecule has 1 aromatic rings. The number of ether oxygens (including phenoxy) is 2. The van der Waals surface area contributed by atoms with Crippen LogP contribution in [0.4, 0.5) is 0 Å². The molecule has 1 rings (SSSR count). The average Bonchev–Trinajstić information content (AvgIpc) is 2.46. The second-order valence-electron chi connectivity index (χ2n) is 3.72. The fraction of sp³-hybridized carbons (Fsp3) is 0.333. The molecular formula is C12H14N2O7. The molecule has 0 aliphatic rings. The predicted octanol–water partition coefficient (Wildman–Crippen LogP) is -0.381. The maximum atomic E-state index is 10.8. The SMILES string of the molecule is O=CNCCOCCOc1cc(C(=O)O)nc(C(=O)O)c1. The van der Waals surface area contributed by atoms with Crippen LogP contribution in [0.15, 0.2) is 12.1 Å². The molecular weight excluding hydrogens is 284 g/mol. The van der Waals surface area contributed by atoms with Gasteiger partial charge in [0.05, 0.1) is 13.2 Å². The number of nitrogens with zero attached hydrogens (tertiary/aromatic N) is 1. The maximum Gasteiger partial charge on any atom is 0.354 e. The summed E-state index contributed by atoms with van der Waals surface area (Å²) in [6, 6.07) is 2.26. The minimum atomic E-state index is -1.35. The highest BCUT2D eigenvalue weighted by Crippen LogP contribution is 2.14. The van der Waals surface area contributed by atoms with Crippen molar-refractivity contribution in [3.05, 3.63) is 23.5 Å². The van der Waals surface area contributed by atoms with Gasteiger partial charge in [0.15, 0.2) is 11.4 Å². The quantitative estimate of drug-likeness (QED) is 0.393. The van der Waals surface area contributed by atoms with Crippen LogP contribution in [-0.4, -0.2) is 59.9 Å². The number of hydrogen-bond acceptors (Lipinski definition) is 6. The van der Waals surface area contributed by atoms with Crippen molar-refractivity contribution in [2.75, 3.05) is 26.4 Å². The van der Waals surface area contributed by atoms with E-state index in [-0.39, 0.29) is 19.0 Å². The summed E-state index contributed by atoms with van der Waals surface area (Å²) in [6.45, 7) is 0.973. The number of carbonyl (C=O) groups excluding carboxylic acids is 1. The van der Waals surface area contributed by atoms with Crippen molar-refractivity contribution in [2.45, 2.75) is 0 Å². The first-order chi connectivity index (χ1) is 10.0. The average molecular weight is 298 g/mol. The summed E-state index contributed by atoms with van der Waals surface area (Å²) < 4.78 is 10.3. The van der Waals surface area contributed by atoms with Crippen LogP contribution < -0.4 is 10.1 Å². The lowest BCUT2D eigenvalue weighted by Crippen LogP contribution is -2.19. The van der Waals surface area contributed by atoms with Gasteiger partial charge in [-0.05, 0) is 0 Å². The van der Waals surface area contributed by atoms with Gasteiger partial charge in [0.1, 0.15) is 12.4 Å². The fourth-order valence-electron chi connectivity index (χ4n) is 1.32. The molecule has 0 aromatic carbocycles. The third-order valence-corrected chi connectivity index (χ3v) is 2.21. The molecule has 1 aromatic heterocycles. The Kier molecular flexibility index (Phi) is 6.61. The van der Waals surface area contributed by atoms with E-state index in [0.717, 1.165) is 12.1 Å². The third-order valence-electron chi connectivity index (χ3n) is 2.21. The van der Waals surface area contributed by atoms with Gasteiger partial charge >= 0.3 is 11.9 Å². The van der Waals surface area contributed by atoms with E-state index in [1.165, 1.54) is 0 Å². The molecule has 114 valence electrons. The zero-order valence-electron chi connectivity index (χ0n) is 10.9. The molecule has 0 unspecified atom stereocenters. The van der Waals surface area contributed by atoms with E-state index >= 15 is 0 Å². The summed E-state index contributed by atoms with van der Waals surface area (Å²) in [6.07, 6.45) is 0.553. The van der Waals surface area contributed by atoms with E-state index in [1.54, 1.807) is 0 Å². The van der Waals surface area contributed by atoms with Gasteiger partial charge in [0.25, 0.3) is 0 Å². The molecule has 9 heteroatoms. The van der Waals surface area contributed by atoms with Gasteiger partial charge in [-0.15, -0.1) is 0 Å². The number of rotatable bonds is 10. The van der Waals surface area contributed by atoms with Gasteiger partial charge < -0.3 is 25.0 Å². The predicted molar refractivity (Wildman–Crippen MR) is 68.5 cm³/mol. The van der Waals surface area contributed by atoms with Gasteiger partial charge in [-0.25, -0.2) is 14.6 Å². The Balaban J connectivity index is 2.52. The lowest BCUT2D eigenvalue weighted by atomic mass is 10.3. The smallest absolute Gasteiger partial charge is 0.354 e. The molecule has 0 aliphatic carbocycles. The monoisotopic (exact) mass is 298 g/mol.